The van der Waals surface area contributed by atoms with Crippen LogP contribution in [0.2, 0.25) is 0 Å². The van der Waals surface area contributed by atoms with E-state index < -0.39 is 17.4 Å². The summed E-state index contributed by atoms with van der Waals surface area (Å²) in [4.78, 5) is 24.0. The van der Waals surface area contributed by atoms with Crippen molar-refractivity contribution in [2.45, 2.75) is 32.1 Å². The fourth-order valence-corrected chi connectivity index (χ4v) is 4.40. The first-order chi connectivity index (χ1) is 13.5. The summed E-state index contributed by atoms with van der Waals surface area (Å²) in [5.41, 5.74) is 1.27. The number of benzene rings is 1. The van der Waals surface area contributed by atoms with E-state index in [0.29, 0.717) is 16.3 Å². The molecule has 3 rings (SSSR count). The number of nitrogens with zero attached hydrogens (tertiary/aromatic N) is 2. The number of nitro groups is 1. The number of carbonyl (C=O) groups excluding carboxylic acids is 1. The standard InChI is InChI=1S/C19H19N3O5S/c1-26-12-7-8-16(15(9-12)22(24)25)27-11-18(23)21-19-14(10-20)13-5-3-2-4-6-17(13)28-19/h7-9H,2-6,11H2,1H3,(H,21,23). The van der Waals surface area contributed by atoms with E-state index in [-0.39, 0.29) is 11.4 Å². The second-order valence-electron chi connectivity index (χ2n) is 6.31. The Morgan fingerprint density at radius 2 is 2.14 bits per heavy atom. The number of fused-ring (bicyclic) bond motifs is 1. The Morgan fingerprint density at radius 3 is 2.86 bits per heavy atom. The minimum atomic E-state index is -0.597. The maximum absolute atomic E-state index is 12.3. The topological polar surface area (TPSA) is 114 Å². The number of ether oxygens (including phenoxy) is 2. The van der Waals surface area contributed by atoms with Crippen molar-refractivity contribution in [1.29, 1.82) is 5.26 Å². The second kappa shape index (κ2) is 8.71. The maximum Gasteiger partial charge on any atom is 0.314 e. The number of rotatable bonds is 6. The molecule has 28 heavy (non-hydrogen) atoms. The van der Waals surface area contributed by atoms with Gasteiger partial charge >= 0.3 is 5.69 Å². The lowest BCUT2D eigenvalue weighted by Crippen LogP contribution is -2.20. The molecule has 146 valence electrons. The zero-order valence-electron chi connectivity index (χ0n) is 15.3. The molecule has 1 aromatic carbocycles. The van der Waals surface area contributed by atoms with Crippen LogP contribution in [0.25, 0.3) is 0 Å². The molecule has 0 aliphatic heterocycles. The Labute approximate surface area is 165 Å². The molecule has 1 N–H and O–H groups in total. The Morgan fingerprint density at radius 1 is 1.36 bits per heavy atom. The molecule has 8 nitrogen and oxygen atoms in total. The first-order valence-electron chi connectivity index (χ1n) is 8.83. The van der Waals surface area contributed by atoms with Crippen LogP contribution in [0.1, 0.15) is 35.3 Å². The summed E-state index contributed by atoms with van der Waals surface area (Å²) in [7, 11) is 1.41. The molecule has 1 heterocycles. The molecule has 0 fully saturated rings. The highest BCUT2D eigenvalue weighted by molar-refractivity contribution is 7.16. The van der Waals surface area contributed by atoms with Gasteiger partial charge in [0, 0.05) is 4.88 Å². The monoisotopic (exact) mass is 401 g/mol. The largest absolute Gasteiger partial charge is 0.496 e. The lowest BCUT2D eigenvalue weighted by atomic mass is 10.1. The summed E-state index contributed by atoms with van der Waals surface area (Å²) >= 11 is 1.43. The number of nitriles is 1. The van der Waals surface area contributed by atoms with Crippen LogP contribution < -0.4 is 14.8 Å². The van der Waals surface area contributed by atoms with E-state index in [9.17, 15) is 20.2 Å². The maximum atomic E-state index is 12.3. The molecule has 0 saturated heterocycles. The van der Waals surface area contributed by atoms with E-state index in [1.807, 2.05) is 0 Å². The van der Waals surface area contributed by atoms with Gasteiger partial charge in [-0.15, -0.1) is 11.3 Å². The van der Waals surface area contributed by atoms with Gasteiger partial charge in [0.25, 0.3) is 5.91 Å². The third kappa shape index (κ3) is 4.23. The number of carbonyl (C=O) groups is 1. The molecule has 0 unspecified atom stereocenters. The Balaban J connectivity index is 1.71. The highest BCUT2D eigenvalue weighted by Crippen LogP contribution is 2.37. The average Bonchev–Trinajstić information content (AvgIpc) is 2.85. The van der Waals surface area contributed by atoms with Crippen LogP contribution in [0.5, 0.6) is 11.5 Å². The summed E-state index contributed by atoms with van der Waals surface area (Å²) in [6, 6.07) is 6.34. The van der Waals surface area contributed by atoms with E-state index in [1.54, 1.807) is 0 Å². The Hall–Kier alpha value is -3.12. The molecule has 9 heteroatoms. The van der Waals surface area contributed by atoms with Crippen molar-refractivity contribution in [1.82, 2.24) is 0 Å². The number of thiophene rings is 1. The zero-order valence-corrected chi connectivity index (χ0v) is 16.1. The molecule has 0 atom stereocenters. The lowest BCUT2D eigenvalue weighted by Gasteiger charge is -2.08. The first kappa shape index (κ1) is 19.6. The molecular formula is C19H19N3O5S. The van der Waals surface area contributed by atoms with Crippen molar-refractivity contribution in [2.24, 2.45) is 0 Å². The first-order valence-corrected chi connectivity index (χ1v) is 9.65. The predicted molar refractivity (Wildman–Crippen MR) is 104 cm³/mol. The number of hydrogen-bond acceptors (Lipinski definition) is 7. The smallest absolute Gasteiger partial charge is 0.314 e. The number of aryl methyl sites for hydroxylation is 1. The minimum absolute atomic E-state index is 0.0246. The lowest BCUT2D eigenvalue weighted by molar-refractivity contribution is -0.385. The highest BCUT2D eigenvalue weighted by Gasteiger charge is 2.22. The molecule has 0 spiro atoms. The molecule has 1 aliphatic carbocycles. The highest BCUT2D eigenvalue weighted by atomic mass is 32.1. The van der Waals surface area contributed by atoms with Gasteiger partial charge in [-0.25, -0.2) is 0 Å². The Kier molecular flexibility index (Phi) is 6.11. The van der Waals surface area contributed by atoms with Crippen molar-refractivity contribution in [3.8, 4) is 17.6 Å². The van der Waals surface area contributed by atoms with E-state index in [4.69, 9.17) is 9.47 Å². The Bertz CT molecular complexity index is 948. The van der Waals surface area contributed by atoms with Crippen molar-refractivity contribution in [3.63, 3.8) is 0 Å². The van der Waals surface area contributed by atoms with Gasteiger partial charge in [0.05, 0.1) is 23.7 Å². The van der Waals surface area contributed by atoms with Crippen molar-refractivity contribution in [2.75, 3.05) is 19.0 Å². The normalized spacial score (nSPS) is 13.0. The van der Waals surface area contributed by atoms with Crippen LogP contribution in [0, 0.1) is 21.4 Å². The molecule has 0 bridgehead atoms. The number of methoxy groups -OCH3 is 1. The quantitative estimate of drug-likeness (QED) is 0.447. The van der Waals surface area contributed by atoms with E-state index in [2.05, 4.69) is 11.4 Å². The van der Waals surface area contributed by atoms with Gasteiger partial charge in [0.1, 0.15) is 16.8 Å². The van der Waals surface area contributed by atoms with Gasteiger partial charge in [-0.1, -0.05) is 6.42 Å². The molecule has 2 aromatic rings. The van der Waals surface area contributed by atoms with Crippen LogP contribution in [0.4, 0.5) is 10.7 Å². The van der Waals surface area contributed by atoms with Crippen LogP contribution in [0.3, 0.4) is 0 Å². The van der Waals surface area contributed by atoms with Gasteiger partial charge in [0.15, 0.2) is 12.4 Å². The van der Waals surface area contributed by atoms with Gasteiger partial charge < -0.3 is 14.8 Å². The second-order valence-corrected chi connectivity index (χ2v) is 7.41. The molecular weight excluding hydrogens is 382 g/mol. The van der Waals surface area contributed by atoms with Crippen molar-refractivity contribution in [3.05, 3.63) is 44.3 Å². The average molecular weight is 401 g/mol. The van der Waals surface area contributed by atoms with E-state index in [1.165, 1.54) is 36.6 Å². The summed E-state index contributed by atoms with van der Waals surface area (Å²) < 4.78 is 10.3. The van der Waals surface area contributed by atoms with Gasteiger partial charge in [-0.05, 0) is 43.4 Å². The van der Waals surface area contributed by atoms with Gasteiger partial charge in [0.2, 0.25) is 0 Å². The van der Waals surface area contributed by atoms with E-state index >= 15 is 0 Å². The van der Waals surface area contributed by atoms with Crippen molar-refractivity contribution < 1.29 is 19.2 Å². The number of nitrogens with one attached hydrogen (secondary N) is 1. The number of anilines is 1. The van der Waals surface area contributed by atoms with Crippen LogP contribution in [-0.4, -0.2) is 24.5 Å². The van der Waals surface area contributed by atoms with Gasteiger partial charge in [-0.2, -0.15) is 5.26 Å². The SMILES string of the molecule is COc1ccc(OCC(=O)Nc2sc3c(c2C#N)CCCCC3)c([N+](=O)[O-])c1. The summed E-state index contributed by atoms with van der Waals surface area (Å²) in [6.45, 7) is -0.402. The zero-order chi connectivity index (χ0) is 20.1. The molecule has 1 aromatic heterocycles. The minimum Gasteiger partial charge on any atom is -0.496 e. The van der Waals surface area contributed by atoms with Crippen LogP contribution in [-0.2, 0) is 17.6 Å². The van der Waals surface area contributed by atoms with Crippen LogP contribution >= 0.6 is 11.3 Å². The van der Waals surface area contributed by atoms with Crippen LogP contribution in [0.15, 0.2) is 18.2 Å². The summed E-state index contributed by atoms with van der Waals surface area (Å²) in [6.07, 6.45) is 5.02. The third-order valence-electron chi connectivity index (χ3n) is 4.51. The number of hydrogen-bond donors (Lipinski definition) is 1. The summed E-state index contributed by atoms with van der Waals surface area (Å²) in [5.74, 6) is -0.177. The predicted octanol–water partition coefficient (Wildman–Crippen LogP) is 3.82. The van der Waals surface area contributed by atoms with Crippen molar-refractivity contribution >= 4 is 27.9 Å². The van der Waals surface area contributed by atoms with Gasteiger partial charge in [-0.3, -0.25) is 14.9 Å². The molecule has 0 radical (unpaired) electrons. The van der Waals surface area contributed by atoms with E-state index in [0.717, 1.165) is 42.5 Å². The molecule has 1 aliphatic rings. The summed E-state index contributed by atoms with van der Waals surface area (Å²) in [5, 5.41) is 23.9. The number of nitro benzene ring substituents is 1. The third-order valence-corrected chi connectivity index (χ3v) is 5.71. The fraction of sp³-hybridized carbons (Fsp3) is 0.368. The molecule has 0 saturated carbocycles. The molecule has 1 amide bonds. The fourth-order valence-electron chi connectivity index (χ4n) is 3.14. The number of amides is 1.